The fourth-order valence-electron chi connectivity index (χ4n) is 4.02. The van der Waals surface area contributed by atoms with Crippen LogP contribution in [0.5, 0.6) is 11.5 Å². The number of anilines is 1. The topological polar surface area (TPSA) is 95.2 Å². The van der Waals surface area contributed by atoms with Gasteiger partial charge in [0.2, 0.25) is 0 Å². The number of aromatic nitrogens is 4. The lowest BCUT2D eigenvalue weighted by molar-refractivity contribution is 0.102. The lowest BCUT2D eigenvalue weighted by atomic mass is 10.1. The highest BCUT2D eigenvalue weighted by Crippen LogP contribution is 2.32. The molecule has 2 aromatic carbocycles. The van der Waals surface area contributed by atoms with Crippen LogP contribution in [0.3, 0.4) is 0 Å². The van der Waals surface area contributed by atoms with E-state index in [1.165, 1.54) is 0 Å². The van der Waals surface area contributed by atoms with Gasteiger partial charge in [-0.2, -0.15) is 10.2 Å². The van der Waals surface area contributed by atoms with E-state index >= 15 is 0 Å². The molecule has 1 amide bonds. The predicted molar refractivity (Wildman–Crippen MR) is 118 cm³/mol. The zero-order valence-corrected chi connectivity index (χ0v) is 17.7. The number of carbonyl (C=O) groups excluding carboxylic acids is 1. The Morgan fingerprint density at radius 3 is 2.77 bits per heavy atom. The molecule has 2 aromatic heterocycles. The summed E-state index contributed by atoms with van der Waals surface area (Å²) in [6.07, 6.45) is 4.86. The number of rotatable bonds is 5. The molecule has 1 fully saturated rings. The van der Waals surface area contributed by atoms with Gasteiger partial charge in [0, 0.05) is 44.5 Å². The van der Waals surface area contributed by atoms with Gasteiger partial charge in [0.25, 0.3) is 5.91 Å². The molecule has 1 atom stereocenters. The van der Waals surface area contributed by atoms with Crippen LogP contribution in [-0.2, 0) is 14.1 Å². The van der Waals surface area contributed by atoms with Gasteiger partial charge in [-0.25, -0.2) is 0 Å². The van der Waals surface area contributed by atoms with Crippen molar-refractivity contribution in [1.82, 2.24) is 24.9 Å². The summed E-state index contributed by atoms with van der Waals surface area (Å²) in [5, 5.41) is 16.9. The number of nitrogens with zero attached hydrogens (tertiary/aromatic N) is 4. The van der Waals surface area contributed by atoms with Crippen molar-refractivity contribution in [2.24, 2.45) is 14.1 Å². The first-order valence-corrected chi connectivity index (χ1v) is 10.2. The van der Waals surface area contributed by atoms with Gasteiger partial charge in [-0.15, -0.1) is 0 Å². The second-order valence-electron chi connectivity index (χ2n) is 7.78. The van der Waals surface area contributed by atoms with E-state index in [9.17, 15) is 4.79 Å². The van der Waals surface area contributed by atoms with E-state index < -0.39 is 0 Å². The fourth-order valence-corrected chi connectivity index (χ4v) is 4.02. The summed E-state index contributed by atoms with van der Waals surface area (Å²) in [5.41, 5.74) is 2.45. The molecule has 5 rings (SSSR count). The van der Waals surface area contributed by atoms with Crippen molar-refractivity contribution in [1.29, 1.82) is 0 Å². The number of hydrogen-bond acceptors (Lipinski definition) is 6. The van der Waals surface area contributed by atoms with Gasteiger partial charge < -0.3 is 20.1 Å². The van der Waals surface area contributed by atoms with Gasteiger partial charge in [0.1, 0.15) is 23.1 Å². The minimum atomic E-state index is -0.265. The van der Waals surface area contributed by atoms with E-state index in [-0.39, 0.29) is 12.0 Å². The zero-order chi connectivity index (χ0) is 21.5. The molecule has 31 heavy (non-hydrogen) atoms. The highest BCUT2D eigenvalue weighted by Gasteiger charge is 2.21. The molecule has 0 spiro atoms. The molecule has 4 aromatic rings. The third kappa shape index (κ3) is 3.57. The molecule has 0 saturated carbocycles. The van der Waals surface area contributed by atoms with Crippen molar-refractivity contribution in [3.8, 4) is 11.5 Å². The molecule has 0 radical (unpaired) electrons. The van der Waals surface area contributed by atoms with Crippen LogP contribution in [0.25, 0.3) is 21.8 Å². The smallest absolute Gasteiger partial charge is 0.258 e. The Labute approximate surface area is 178 Å². The first-order chi connectivity index (χ1) is 15.0. The van der Waals surface area contributed by atoms with Crippen LogP contribution in [0.4, 0.5) is 5.69 Å². The first kappa shape index (κ1) is 19.4. The minimum Gasteiger partial charge on any atom is -0.494 e. The number of ether oxygens (including phenoxy) is 2. The Kier molecular flexibility index (Phi) is 4.74. The Bertz CT molecular complexity index is 1290. The second-order valence-corrected chi connectivity index (χ2v) is 7.78. The number of amides is 1. The van der Waals surface area contributed by atoms with E-state index in [1.807, 2.05) is 44.7 Å². The molecule has 3 heterocycles. The summed E-state index contributed by atoms with van der Waals surface area (Å²) >= 11 is 0. The van der Waals surface area contributed by atoms with Crippen LogP contribution in [0, 0.1) is 0 Å². The van der Waals surface area contributed by atoms with Crippen LogP contribution >= 0.6 is 0 Å². The molecule has 1 unspecified atom stereocenters. The van der Waals surface area contributed by atoms with Gasteiger partial charge in [-0.1, -0.05) is 0 Å². The van der Waals surface area contributed by atoms with Gasteiger partial charge in [0.05, 0.1) is 29.3 Å². The average Bonchev–Trinajstić information content (AvgIpc) is 3.46. The Morgan fingerprint density at radius 2 is 2.00 bits per heavy atom. The third-order valence-electron chi connectivity index (χ3n) is 5.49. The zero-order valence-electron chi connectivity index (χ0n) is 17.7. The van der Waals surface area contributed by atoms with E-state index in [1.54, 1.807) is 22.5 Å². The molecule has 1 saturated heterocycles. The number of hydrogen-bond donors (Lipinski definition) is 2. The highest BCUT2D eigenvalue weighted by atomic mass is 16.5. The Morgan fingerprint density at radius 1 is 1.16 bits per heavy atom. The highest BCUT2D eigenvalue weighted by molar-refractivity contribution is 6.13. The minimum absolute atomic E-state index is 0.124. The summed E-state index contributed by atoms with van der Waals surface area (Å²) in [6.45, 7) is 1.77. The largest absolute Gasteiger partial charge is 0.494 e. The summed E-state index contributed by atoms with van der Waals surface area (Å²) < 4.78 is 15.1. The van der Waals surface area contributed by atoms with Crippen LogP contribution in [0.1, 0.15) is 16.8 Å². The molecule has 1 aliphatic rings. The summed E-state index contributed by atoms with van der Waals surface area (Å²) in [7, 11) is 5.26. The van der Waals surface area contributed by atoms with Crippen LogP contribution < -0.4 is 20.1 Å². The summed E-state index contributed by atoms with van der Waals surface area (Å²) in [5.74, 6) is 1.02. The molecule has 1 aliphatic heterocycles. The fraction of sp³-hybridized carbons (Fsp3) is 0.318. The summed E-state index contributed by atoms with van der Waals surface area (Å²) in [4.78, 5) is 13.2. The maximum absolute atomic E-state index is 13.2. The quantitative estimate of drug-likeness (QED) is 0.515. The molecule has 160 valence electrons. The van der Waals surface area contributed by atoms with Crippen molar-refractivity contribution in [3.63, 3.8) is 0 Å². The van der Waals surface area contributed by atoms with E-state index in [2.05, 4.69) is 20.8 Å². The van der Waals surface area contributed by atoms with Crippen LogP contribution in [0.2, 0.25) is 0 Å². The van der Waals surface area contributed by atoms with Crippen LogP contribution in [0.15, 0.2) is 36.7 Å². The molecule has 9 nitrogen and oxygen atoms in total. The monoisotopic (exact) mass is 420 g/mol. The summed E-state index contributed by atoms with van der Waals surface area (Å²) in [6, 6.07) is 7.28. The van der Waals surface area contributed by atoms with Gasteiger partial charge in [0.15, 0.2) is 0 Å². The number of nitrogens with one attached hydrogen (secondary N) is 2. The lowest BCUT2D eigenvalue weighted by Gasteiger charge is -2.14. The number of aryl methyl sites for hydroxylation is 2. The normalized spacial score (nSPS) is 16.2. The first-order valence-electron chi connectivity index (χ1n) is 10.2. The second kappa shape index (κ2) is 7.59. The molecule has 0 bridgehead atoms. The Hall–Kier alpha value is -3.59. The maximum atomic E-state index is 13.2. The van der Waals surface area contributed by atoms with Crippen molar-refractivity contribution < 1.29 is 14.3 Å². The lowest BCUT2D eigenvalue weighted by Crippen LogP contribution is -2.20. The van der Waals surface area contributed by atoms with Crippen molar-refractivity contribution in [3.05, 3.63) is 42.2 Å². The Balaban J connectivity index is 1.49. The van der Waals surface area contributed by atoms with E-state index in [0.29, 0.717) is 22.5 Å². The molecule has 2 N–H and O–H groups in total. The number of fused-ring (bicyclic) bond motifs is 2. The number of methoxy groups -OCH3 is 1. The van der Waals surface area contributed by atoms with Gasteiger partial charge >= 0.3 is 0 Å². The molecular weight excluding hydrogens is 396 g/mol. The van der Waals surface area contributed by atoms with Crippen molar-refractivity contribution in [2.45, 2.75) is 12.5 Å². The van der Waals surface area contributed by atoms with Gasteiger partial charge in [-0.05, 0) is 31.2 Å². The molecular formula is C22H24N6O3. The maximum Gasteiger partial charge on any atom is 0.258 e. The van der Waals surface area contributed by atoms with Crippen molar-refractivity contribution >= 4 is 33.4 Å². The van der Waals surface area contributed by atoms with Gasteiger partial charge in [-0.3, -0.25) is 14.2 Å². The van der Waals surface area contributed by atoms with E-state index in [4.69, 9.17) is 9.47 Å². The molecule has 0 aliphatic carbocycles. The predicted octanol–water partition coefficient (Wildman–Crippen LogP) is 2.46. The molecule has 9 heteroatoms. The number of carbonyl (C=O) groups is 1. The number of benzene rings is 2. The SMILES string of the molecule is COc1cc2nn(C)cc2cc1NC(=O)c1ccc(OC2CCNC2)c2cn(C)nc12. The average molecular weight is 420 g/mol. The standard InChI is InChI=1S/C22H24N6O3/c1-27-11-13-8-18(20(30-3)9-17(13)25-27)24-22(29)15-4-5-19(31-14-6-7-23-10-14)16-12-28(2)26-21(15)16/h4-5,8-9,11-12,14,23H,6-7,10H2,1-3H3,(H,24,29). The van der Waals surface area contributed by atoms with E-state index in [0.717, 1.165) is 41.5 Å². The van der Waals surface area contributed by atoms with Crippen LogP contribution in [-0.4, -0.2) is 51.8 Å². The third-order valence-corrected chi connectivity index (χ3v) is 5.49. The van der Waals surface area contributed by atoms with Crippen molar-refractivity contribution in [2.75, 3.05) is 25.5 Å².